The molecule has 3 rings (SSSR count). The Balaban J connectivity index is 1.45. The fourth-order valence-corrected chi connectivity index (χ4v) is 3.39. The normalized spacial score (nSPS) is 15.8. The average Bonchev–Trinajstić information content (AvgIpc) is 2.59. The molecule has 5 heteroatoms. The van der Waals surface area contributed by atoms with Crippen LogP contribution in [0.25, 0.3) is 0 Å². The second-order valence-electron chi connectivity index (χ2n) is 5.86. The monoisotopic (exact) mass is 343 g/mol. The zero-order valence-electron chi connectivity index (χ0n) is 13.9. The Hall–Kier alpha value is -2.14. The van der Waals surface area contributed by atoms with Gasteiger partial charge in [-0.05, 0) is 37.6 Å². The summed E-state index contributed by atoms with van der Waals surface area (Å²) in [5.41, 5.74) is 2.43. The van der Waals surface area contributed by atoms with Gasteiger partial charge in [-0.1, -0.05) is 29.8 Å². The molecule has 0 saturated heterocycles. The number of hydrogen-bond acceptors (Lipinski definition) is 4. The Bertz CT molecular complexity index is 732. The molecule has 0 unspecified atom stereocenters. The van der Waals surface area contributed by atoms with Gasteiger partial charge in [0.15, 0.2) is 11.5 Å². The second-order valence-corrected chi connectivity index (χ2v) is 6.88. The third-order valence-corrected chi connectivity index (χ3v) is 4.96. The zero-order chi connectivity index (χ0) is 16.9. The third-order valence-electron chi connectivity index (χ3n) is 3.78. The second kappa shape index (κ2) is 7.62. The molecule has 1 aliphatic heterocycles. The number of carbonyl (C=O) groups excluding carboxylic acids is 1. The van der Waals surface area contributed by atoms with Crippen LogP contribution in [-0.2, 0) is 4.79 Å². The topological polar surface area (TPSA) is 47.6 Å². The van der Waals surface area contributed by atoms with Gasteiger partial charge in [0.2, 0.25) is 5.91 Å². The zero-order valence-corrected chi connectivity index (χ0v) is 14.7. The first-order valence-electron chi connectivity index (χ1n) is 7.97. The van der Waals surface area contributed by atoms with E-state index in [-0.39, 0.29) is 12.0 Å². The van der Waals surface area contributed by atoms with E-state index in [1.807, 2.05) is 24.3 Å². The lowest BCUT2D eigenvalue weighted by Crippen LogP contribution is -2.41. The molecular weight excluding hydrogens is 322 g/mol. The number of ether oxygens (including phenoxy) is 2. The Labute approximate surface area is 146 Å². The van der Waals surface area contributed by atoms with Gasteiger partial charge in [-0.25, -0.2) is 0 Å². The van der Waals surface area contributed by atoms with Gasteiger partial charge in [0.25, 0.3) is 0 Å². The maximum absolute atomic E-state index is 12.1. The van der Waals surface area contributed by atoms with Crippen molar-refractivity contribution in [1.82, 2.24) is 5.32 Å². The van der Waals surface area contributed by atoms with Crippen LogP contribution < -0.4 is 14.8 Å². The van der Waals surface area contributed by atoms with Crippen molar-refractivity contribution in [2.24, 2.45) is 0 Å². The van der Waals surface area contributed by atoms with Crippen molar-refractivity contribution in [3.05, 3.63) is 53.6 Å². The third kappa shape index (κ3) is 4.23. The molecule has 1 atom stereocenters. The lowest BCUT2D eigenvalue weighted by atomic mass is 10.2. The van der Waals surface area contributed by atoms with Crippen LogP contribution in [0.15, 0.2) is 47.4 Å². The van der Waals surface area contributed by atoms with Crippen molar-refractivity contribution in [2.45, 2.75) is 24.8 Å². The summed E-state index contributed by atoms with van der Waals surface area (Å²) in [5, 5.41) is 2.92. The molecule has 0 spiro atoms. The molecule has 2 aromatic rings. The van der Waals surface area contributed by atoms with Crippen molar-refractivity contribution in [3.63, 3.8) is 0 Å². The molecular formula is C19H21NO3S. The smallest absolute Gasteiger partial charge is 0.230 e. The molecule has 0 radical (unpaired) electrons. The largest absolute Gasteiger partial charge is 0.486 e. The van der Waals surface area contributed by atoms with Gasteiger partial charge in [0.1, 0.15) is 12.7 Å². The number of thioether (sulfide) groups is 1. The fourth-order valence-electron chi connectivity index (χ4n) is 2.55. The van der Waals surface area contributed by atoms with Crippen LogP contribution >= 0.6 is 11.8 Å². The first kappa shape index (κ1) is 16.7. The van der Waals surface area contributed by atoms with Crippen LogP contribution in [-0.4, -0.2) is 30.9 Å². The van der Waals surface area contributed by atoms with Crippen LogP contribution in [0.4, 0.5) is 0 Å². The Morgan fingerprint density at radius 1 is 1.21 bits per heavy atom. The van der Waals surface area contributed by atoms with Crippen molar-refractivity contribution in [2.75, 3.05) is 18.9 Å². The summed E-state index contributed by atoms with van der Waals surface area (Å²) in [6, 6.07) is 13.8. The molecule has 1 heterocycles. The molecule has 0 fully saturated rings. The molecule has 1 aliphatic rings. The minimum Gasteiger partial charge on any atom is -0.486 e. The summed E-state index contributed by atoms with van der Waals surface area (Å²) < 4.78 is 11.5. The highest BCUT2D eigenvalue weighted by Crippen LogP contribution is 2.30. The molecule has 1 N–H and O–H groups in total. The number of nitrogens with one attached hydrogen (secondary N) is 1. The molecule has 0 saturated carbocycles. The van der Waals surface area contributed by atoms with E-state index in [1.165, 1.54) is 11.1 Å². The predicted molar refractivity (Wildman–Crippen MR) is 96.0 cm³/mol. The fraction of sp³-hybridized carbons (Fsp3) is 0.316. The summed E-state index contributed by atoms with van der Waals surface area (Å²) in [6.45, 7) is 5.03. The Kier molecular flexibility index (Phi) is 5.30. The van der Waals surface area contributed by atoms with E-state index < -0.39 is 0 Å². The van der Waals surface area contributed by atoms with E-state index >= 15 is 0 Å². The molecule has 0 bridgehead atoms. The van der Waals surface area contributed by atoms with Crippen LogP contribution in [0.3, 0.4) is 0 Å². The lowest BCUT2D eigenvalue weighted by molar-refractivity contribution is -0.119. The van der Waals surface area contributed by atoms with Gasteiger partial charge in [0, 0.05) is 4.90 Å². The van der Waals surface area contributed by atoms with Gasteiger partial charge in [0.05, 0.1) is 12.3 Å². The number of fused-ring (bicyclic) bond motifs is 1. The number of benzene rings is 2. The van der Waals surface area contributed by atoms with E-state index in [0.29, 0.717) is 18.9 Å². The van der Waals surface area contributed by atoms with Crippen LogP contribution in [0, 0.1) is 13.8 Å². The summed E-state index contributed by atoms with van der Waals surface area (Å²) in [5.74, 6) is 1.88. The first-order valence-corrected chi connectivity index (χ1v) is 8.95. The van der Waals surface area contributed by atoms with Crippen molar-refractivity contribution in [1.29, 1.82) is 0 Å². The van der Waals surface area contributed by atoms with Crippen molar-refractivity contribution < 1.29 is 14.3 Å². The Morgan fingerprint density at radius 3 is 2.79 bits per heavy atom. The summed E-state index contributed by atoms with van der Waals surface area (Å²) >= 11 is 1.55. The molecule has 24 heavy (non-hydrogen) atoms. The molecule has 4 nitrogen and oxygen atoms in total. The van der Waals surface area contributed by atoms with Gasteiger partial charge in [-0.3, -0.25) is 4.79 Å². The molecule has 126 valence electrons. The van der Waals surface area contributed by atoms with E-state index in [1.54, 1.807) is 11.8 Å². The van der Waals surface area contributed by atoms with E-state index in [2.05, 4.69) is 37.4 Å². The van der Waals surface area contributed by atoms with Gasteiger partial charge in [-0.15, -0.1) is 11.8 Å². The quantitative estimate of drug-likeness (QED) is 0.846. The number of para-hydroxylation sites is 2. The van der Waals surface area contributed by atoms with Gasteiger partial charge < -0.3 is 14.8 Å². The molecule has 0 aromatic heterocycles. The lowest BCUT2D eigenvalue weighted by Gasteiger charge is -2.26. The van der Waals surface area contributed by atoms with E-state index in [4.69, 9.17) is 9.47 Å². The first-order chi connectivity index (χ1) is 11.6. The van der Waals surface area contributed by atoms with E-state index in [9.17, 15) is 4.79 Å². The number of rotatable bonds is 5. The highest BCUT2D eigenvalue weighted by Gasteiger charge is 2.20. The number of carbonyl (C=O) groups is 1. The van der Waals surface area contributed by atoms with Gasteiger partial charge >= 0.3 is 0 Å². The number of amides is 1. The van der Waals surface area contributed by atoms with Crippen LogP contribution in [0.2, 0.25) is 0 Å². The molecule has 2 aromatic carbocycles. The maximum Gasteiger partial charge on any atom is 0.230 e. The summed E-state index contributed by atoms with van der Waals surface area (Å²) in [7, 11) is 0. The Morgan fingerprint density at radius 2 is 2.00 bits per heavy atom. The van der Waals surface area contributed by atoms with Gasteiger partial charge in [-0.2, -0.15) is 0 Å². The summed E-state index contributed by atoms with van der Waals surface area (Å²) in [4.78, 5) is 13.2. The summed E-state index contributed by atoms with van der Waals surface area (Å²) in [6.07, 6.45) is -0.157. The predicted octanol–water partition coefficient (Wildman–Crippen LogP) is 3.35. The molecule has 0 aliphatic carbocycles. The minimum absolute atomic E-state index is 0.00225. The minimum atomic E-state index is -0.157. The maximum atomic E-state index is 12.1. The average molecular weight is 343 g/mol. The standard InChI is InChI=1S/C19H21NO3S/c1-13-7-8-18(14(2)9-13)24-12-19(21)20-10-15-11-22-16-5-3-4-6-17(16)23-15/h3-9,15H,10-12H2,1-2H3,(H,20,21)/t15-/m0/s1. The SMILES string of the molecule is Cc1ccc(SCC(=O)NC[C@H]2COc3ccccc3O2)c(C)c1. The van der Waals surface area contributed by atoms with Crippen molar-refractivity contribution in [3.8, 4) is 11.5 Å². The van der Waals surface area contributed by atoms with E-state index in [0.717, 1.165) is 16.4 Å². The number of aryl methyl sites for hydroxylation is 2. The van der Waals surface area contributed by atoms with Crippen LogP contribution in [0.5, 0.6) is 11.5 Å². The van der Waals surface area contributed by atoms with Crippen LogP contribution in [0.1, 0.15) is 11.1 Å². The highest BCUT2D eigenvalue weighted by molar-refractivity contribution is 8.00. The van der Waals surface area contributed by atoms with Crippen molar-refractivity contribution >= 4 is 17.7 Å². The highest BCUT2D eigenvalue weighted by atomic mass is 32.2. The number of hydrogen-bond donors (Lipinski definition) is 1. The molecule has 1 amide bonds.